The second kappa shape index (κ2) is 15.9. The molecule has 1 aromatic carbocycles. The summed E-state index contributed by atoms with van der Waals surface area (Å²) < 4.78 is 11.4. The van der Waals surface area contributed by atoms with E-state index in [1.54, 1.807) is 0 Å². The molecule has 3 heteroatoms. The maximum absolute atomic E-state index is 5.81. The van der Waals surface area contributed by atoms with Crippen molar-refractivity contribution in [2.45, 2.75) is 84.5 Å². The van der Waals surface area contributed by atoms with Crippen molar-refractivity contribution in [3.8, 4) is 17.0 Å². The topological polar surface area (TPSA) is 31.4 Å². The van der Waals surface area contributed by atoms with Gasteiger partial charge in [-0.1, -0.05) is 64.9 Å². The van der Waals surface area contributed by atoms with E-state index in [0.717, 1.165) is 49.5 Å². The molecule has 0 bridgehead atoms. The largest absolute Gasteiger partial charge is 0.494 e. The van der Waals surface area contributed by atoms with E-state index in [9.17, 15) is 0 Å². The van der Waals surface area contributed by atoms with Crippen LogP contribution in [0.15, 0.2) is 42.6 Å². The molecule has 0 unspecified atom stereocenters. The number of aryl methyl sites for hydroxylation is 1. The first-order chi connectivity index (χ1) is 14.8. The summed E-state index contributed by atoms with van der Waals surface area (Å²) in [7, 11) is 0. The summed E-state index contributed by atoms with van der Waals surface area (Å²) in [5.74, 6) is 0.905. The smallest absolute Gasteiger partial charge is 0.119 e. The summed E-state index contributed by atoms with van der Waals surface area (Å²) in [5.41, 5.74) is 3.50. The molecule has 1 heterocycles. The van der Waals surface area contributed by atoms with Gasteiger partial charge in [0.05, 0.1) is 12.3 Å². The molecule has 30 heavy (non-hydrogen) atoms. The number of hydrogen-bond donors (Lipinski definition) is 0. The van der Waals surface area contributed by atoms with Gasteiger partial charge >= 0.3 is 0 Å². The van der Waals surface area contributed by atoms with Gasteiger partial charge in [-0.05, 0) is 55.2 Å². The molecule has 0 aliphatic carbocycles. The number of ether oxygens (including phenoxy) is 2. The first-order valence-corrected chi connectivity index (χ1v) is 12.1. The van der Waals surface area contributed by atoms with Crippen LogP contribution in [0.5, 0.6) is 5.75 Å². The molecular weight excluding hydrogens is 370 g/mol. The molecule has 2 rings (SSSR count). The van der Waals surface area contributed by atoms with Crippen molar-refractivity contribution in [2.75, 3.05) is 19.8 Å². The van der Waals surface area contributed by atoms with Crippen molar-refractivity contribution >= 4 is 0 Å². The van der Waals surface area contributed by atoms with Crippen molar-refractivity contribution in [1.29, 1.82) is 0 Å². The van der Waals surface area contributed by atoms with Gasteiger partial charge in [-0.15, -0.1) is 0 Å². The molecule has 0 amide bonds. The van der Waals surface area contributed by atoms with Gasteiger partial charge in [-0.25, -0.2) is 0 Å². The molecule has 2 aromatic rings. The van der Waals surface area contributed by atoms with Gasteiger partial charge in [0.25, 0.3) is 0 Å². The van der Waals surface area contributed by atoms with Crippen LogP contribution in [-0.4, -0.2) is 24.8 Å². The number of unbranched alkanes of at least 4 members (excludes halogenated alkanes) is 7. The molecule has 0 aliphatic heterocycles. The van der Waals surface area contributed by atoms with E-state index in [2.05, 4.69) is 43.1 Å². The molecule has 0 atom stereocenters. The molecule has 3 nitrogen and oxygen atoms in total. The summed E-state index contributed by atoms with van der Waals surface area (Å²) in [6.07, 6.45) is 15.9. The van der Waals surface area contributed by atoms with E-state index < -0.39 is 0 Å². The van der Waals surface area contributed by atoms with E-state index in [-0.39, 0.29) is 0 Å². The first-order valence-electron chi connectivity index (χ1n) is 12.1. The van der Waals surface area contributed by atoms with Crippen LogP contribution < -0.4 is 4.74 Å². The van der Waals surface area contributed by atoms with Gasteiger partial charge in [0, 0.05) is 31.4 Å². The zero-order chi connectivity index (χ0) is 21.3. The lowest BCUT2D eigenvalue weighted by Crippen LogP contribution is -2.03. The van der Waals surface area contributed by atoms with Gasteiger partial charge in [0.1, 0.15) is 5.75 Å². The number of aromatic nitrogens is 1. The van der Waals surface area contributed by atoms with E-state index in [4.69, 9.17) is 9.47 Å². The minimum atomic E-state index is 0.691. The predicted molar refractivity (Wildman–Crippen MR) is 127 cm³/mol. The maximum atomic E-state index is 5.81. The van der Waals surface area contributed by atoms with E-state index >= 15 is 0 Å². The lowest BCUT2D eigenvalue weighted by Gasteiger charge is -2.08. The van der Waals surface area contributed by atoms with Crippen LogP contribution in [0.4, 0.5) is 0 Å². The molecular formula is C27H41NO2. The quantitative estimate of drug-likeness (QED) is 0.251. The van der Waals surface area contributed by atoms with Crippen LogP contribution in [0.25, 0.3) is 11.3 Å². The fraction of sp³-hybridized carbons (Fsp3) is 0.593. The average molecular weight is 412 g/mol. The molecule has 0 radical (unpaired) electrons. The normalized spacial score (nSPS) is 11.0. The number of rotatable bonds is 17. The van der Waals surface area contributed by atoms with Crippen molar-refractivity contribution in [3.63, 3.8) is 0 Å². The fourth-order valence-electron chi connectivity index (χ4n) is 3.45. The van der Waals surface area contributed by atoms with E-state index in [1.165, 1.54) is 56.9 Å². The highest BCUT2D eigenvalue weighted by Crippen LogP contribution is 2.21. The monoisotopic (exact) mass is 411 g/mol. The highest BCUT2D eigenvalue weighted by molar-refractivity contribution is 5.60. The van der Waals surface area contributed by atoms with E-state index in [1.807, 2.05) is 18.3 Å². The van der Waals surface area contributed by atoms with Gasteiger partial charge in [0.2, 0.25) is 0 Å². The van der Waals surface area contributed by atoms with Gasteiger partial charge in [0.15, 0.2) is 0 Å². The molecule has 0 N–H and O–H groups in total. The Labute approximate surface area is 184 Å². The molecule has 0 saturated heterocycles. The molecule has 0 aliphatic rings. The standard InChI is InChI=1S/C27H41NO2/c1-3-5-7-8-9-10-11-13-24-14-19-27(28-23-24)25-15-17-26(18-16-25)30-22-12-21-29-20-6-4-2/h14-19,23H,3-13,20-22H2,1-2H3. The minimum Gasteiger partial charge on any atom is -0.494 e. The van der Waals surface area contributed by atoms with Crippen LogP contribution in [0.2, 0.25) is 0 Å². The number of pyridine rings is 1. The Morgan fingerprint density at radius 2 is 1.37 bits per heavy atom. The average Bonchev–Trinajstić information content (AvgIpc) is 2.79. The first kappa shape index (κ1) is 24.4. The third kappa shape index (κ3) is 10.2. The third-order valence-electron chi connectivity index (χ3n) is 5.39. The second-order valence-electron chi connectivity index (χ2n) is 8.12. The Morgan fingerprint density at radius 3 is 2.07 bits per heavy atom. The van der Waals surface area contributed by atoms with Crippen molar-refractivity contribution in [3.05, 3.63) is 48.2 Å². The zero-order valence-electron chi connectivity index (χ0n) is 19.2. The Hall–Kier alpha value is -1.87. The molecule has 166 valence electrons. The Balaban J connectivity index is 1.65. The number of hydrogen-bond acceptors (Lipinski definition) is 3. The van der Waals surface area contributed by atoms with Gasteiger partial charge in [-0.3, -0.25) is 4.98 Å². The van der Waals surface area contributed by atoms with Crippen LogP contribution in [0.3, 0.4) is 0 Å². The number of benzene rings is 1. The third-order valence-corrected chi connectivity index (χ3v) is 5.39. The van der Waals surface area contributed by atoms with E-state index in [0.29, 0.717) is 6.61 Å². The zero-order valence-corrected chi connectivity index (χ0v) is 19.2. The Kier molecular flexibility index (Phi) is 12.9. The van der Waals surface area contributed by atoms with Gasteiger partial charge < -0.3 is 9.47 Å². The summed E-state index contributed by atoms with van der Waals surface area (Å²) in [5, 5.41) is 0. The molecule has 1 aromatic heterocycles. The number of nitrogens with zero attached hydrogens (tertiary/aromatic N) is 1. The Bertz CT molecular complexity index is 592. The lowest BCUT2D eigenvalue weighted by molar-refractivity contribution is 0.117. The lowest BCUT2D eigenvalue weighted by atomic mass is 10.0. The molecule has 0 fully saturated rings. The predicted octanol–water partition coefficient (Wildman–Crippen LogP) is 7.63. The van der Waals surface area contributed by atoms with Crippen molar-refractivity contribution in [2.24, 2.45) is 0 Å². The van der Waals surface area contributed by atoms with Crippen LogP contribution in [-0.2, 0) is 11.2 Å². The second-order valence-corrected chi connectivity index (χ2v) is 8.12. The highest BCUT2D eigenvalue weighted by atomic mass is 16.5. The maximum Gasteiger partial charge on any atom is 0.119 e. The summed E-state index contributed by atoms with van der Waals surface area (Å²) >= 11 is 0. The SMILES string of the molecule is CCCCCCCCCc1ccc(-c2ccc(OCCCOCCCC)cc2)nc1. The van der Waals surface area contributed by atoms with Crippen LogP contribution >= 0.6 is 0 Å². The molecule has 0 saturated carbocycles. The highest BCUT2D eigenvalue weighted by Gasteiger charge is 2.02. The van der Waals surface area contributed by atoms with Crippen LogP contribution in [0.1, 0.15) is 83.6 Å². The van der Waals surface area contributed by atoms with Crippen molar-refractivity contribution in [1.82, 2.24) is 4.98 Å². The fourth-order valence-corrected chi connectivity index (χ4v) is 3.45. The van der Waals surface area contributed by atoms with Gasteiger partial charge in [-0.2, -0.15) is 0 Å². The summed E-state index contributed by atoms with van der Waals surface area (Å²) in [6.45, 7) is 6.77. The summed E-state index contributed by atoms with van der Waals surface area (Å²) in [6, 6.07) is 12.6. The Morgan fingerprint density at radius 1 is 0.667 bits per heavy atom. The summed E-state index contributed by atoms with van der Waals surface area (Å²) in [4.78, 5) is 4.67. The van der Waals surface area contributed by atoms with Crippen molar-refractivity contribution < 1.29 is 9.47 Å². The molecule has 0 spiro atoms. The van der Waals surface area contributed by atoms with Crippen LogP contribution in [0, 0.1) is 0 Å². The minimum absolute atomic E-state index is 0.691.